The monoisotopic (exact) mass is 1290 g/mol. The zero-order chi connectivity index (χ0) is 61.6. The van der Waals surface area contributed by atoms with E-state index in [1.54, 1.807) is 55.4 Å². The van der Waals surface area contributed by atoms with E-state index < -0.39 is 56.3 Å². The third-order valence-corrected chi connectivity index (χ3v) is 12.2. The third kappa shape index (κ3) is 30.4. The number of amidine groups is 8. The van der Waals surface area contributed by atoms with Crippen LogP contribution in [-0.2, 0) is 9.59 Å². The summed E-state index contributed by atoms with van der Waals surface area (Å²) in [6.07, 6.45) is -0.224. The number of carbonyl (C=O) groups is 2. The van der Waals surface area contributed by atoms with E-state index in [0.29, 0.717) is 13.1 Å². The molecule has 85 heavy (non-hydrogen) atoms. The third-order valence-electron chi connectivity index (χ3n) is 12.2. The normalized spacial score (nSPS) is 15.4. The molecular weight excluding hydrogens is 1190 g/mol. The molecule has 0 aromatic rings. The van der Waals surface area contributed by atoms with Gasteiger partial charge in [-0.2, -0.15) is 40.9 Å². The van der Waals surface area contributed by atoms with Crippen LogP contribution in [0, 0.1) is 21.6 Å². The maximum Gasteiger partial charge on any atom is 0.305 e. The highest BCUT2D eigenvalue weighted by Gasteiger charge is 2.37. The van der Waals surface area contributed by atoms with Crippen molar-refractivity contribution in [3.05, 3.63) is 0 Å². The van der Waals surface area contributed by atoms with Crippen LogP contribution < -0.4 is 32.7 Å². The first kappa shape index (κ1) is 87.9. The van der Waals surface area contributed by atoms with E-state index in [0.717, 1.165) is 75.7 Å². The lowest BCUT2D eigenvalue weighted by Crippen LogP contribution is -2.45. The number of rotatable bonds is 26. The van der Waals surface area contributed by atoms with E-state index >= 15 is 0 Å². The maximum absolute atomic E-state index is 10.5. The number of nitrogens with one attached hydrogen (secondary N) is 8. The summed E-state index contributed by atoms with van der Waals surface area (Å²) in [5.74, 6) is 1.57. The number of hydrogen-bond acceptors (Lipinski definition) is 24. The second kappa shape index (κ2) is 38.3. The molecule has 0 aromatic carbocycles. The van der Waals surface area contributed by atoms with Crippen LogP contribution in [0.1, 0.15) is 124 Å². The molecule has 4 heterocycles. The molecule has 0 unspecified atom stereocenters. The molecule has 0 amide bonds. The molecule has 0 spiro atoms. The fraction of sp³-hybridized carbons (Fsp3) is 0.800. The van der Waals surface area contributed by atoms with Gasteiger partial charge in [0.1, 0.15) is 91.0 Å². The zero-order valence-electron chi connectivity index (χ0n) is 52.5. The minimum Gasteiger partial charge on any atom is -0.481 e. The van der Waals surface area contributed by atoms with Gasteiger partial charge in [-0.1, -0.05) is 0 Å². The molecule has 0 saturated carbocycles. The molecule has 492 valence electrons. The van der Waals surface area contributed by atoms with Gasteiger partial charge in [-0.25, -0.2) is 0 Å². The van der Waals surface area contributed by atoms with E-state index in [9.17, 15) is 19.8 Å². The molecule has 0 aromatic heterocycles. The Kier molecular flexibility index (Phi) is 39.6. The summed E-state index contributed by atoms with van der Waals surface area (Å²) in [5, 5.41) is 112. The predicted molar refractivity (Wildman–Crippen MR) is 347 cm³/mol. The predicted octanol–water partition coefficient (Wildman–Crippen LogP) is 4.22. The van der Waals surface area contributed by atoms with Crippen molar-refractivity contribution in [2.75, 3.05) is 91.8 Å². The SMILES string of the molecule is CC(C)(N=NC(C)(C)C(=N)N)C(=N)N.CC(C)(N=NC(C)(C)C(=N)NCCC(=O)O)C(=N)NCCC(=O)O.CC(C)(N=NC(C)(C)C1=NCCN1)C1=NCCN1.CC(C)(N=NC(C)(C)C1=NCCN1CCO)C1=NCCN1CCO.Cl.Cl.Cl.Cl.O. The van der Waals surface area contributed by atoms with E-state index in [1.807, 2.05) is 55.4 Å². The number of azo groups is 4. The quantitative estimate of drug-likeness (QED) is 0.0328. The van der Waals surface area contributed by atoms with Gasteiger partial charge in [-0.3, -0.25) is 51.2 Å². The smallest absolute Gasteiger partial charge is 0.305 e. The van der Waals surface area contributed by atoms with Crippen molar-refractivity contribution >= 4 is 108 Å². The van der Waals surface area contributed by atoms with Crippen LogP contribution in [-0.4, -0.2) is 230 Å². The Bertz CT molecular complexity index is 2250. The molecule has 0 saturated heterocycles. The van der Waals surface area contributed by atoms with E-state index in [4.69, 9.17) is 43.3 Å². The van der Waals surface area contributed by atoms with Gasteiger partial charge in [0, 0.05) is 52.4 Å². The van der Waals surface area contributed by atoms with Crippen LogP contribution in [0.5, 0.6) is 0 Å². The van der Waals surface area contributed by atoms with Crippen LogP contribution in [0.15, 0.2) is 60.9 Å². The van der Waals surface area contributed by atoms with Gasteiger partial charge in [0.25, 0.3) is 0 Å². The number of halogens is 4. The maximum atomic E-state index is 10.5. The number of aliphatic hydroxyl groups excluding tert-OH is 2. The molecule has 18 N–H and O–H groups in total. The lowest BCUT2D eigenvalue weighted by molar-refractivity contribution is -0.137. The average molecular weight is 1290 g/mol. The zero-order valence-corrected chi connectivity index (χ0v) is 55.7. The second-order valence-electron chi connectivity index (χ2n) is 23.1. The summed E-state index contributed by atoms with van der Waals surface area (Å²) >= 11 is 0. The van der Waals surface area contributed by atoms with Gasteiger partial charge < -0.3 is 68.4 Å². The first-order valence-corrected chi connectivity index (χ1v) is 26.6. The number of β-amino-alcohol motifs (C(OH)–C–C–N with tert-alkyl or cyclic N) is 2. The van der Waals surface area contributed by atoms with Gasteiger partial charge in [0.15, 0.2) is 0 Å². The summed E-state index contributed by atoms with van der Waals surface area (Å²) in [4.78, 5) is 43.0. The van der Waals surface area contributed by atoms with Crippen molar-refractivity contribution in [2.45, 2.75) is 168 Å². The summed E-state index contributed by atoms with van der Waals surface area (Å²) in [6.45, 7) is 37.4. The van der Waals surface area contributed by atoms with Crippen molar-refractivity contribution in [3.63, 3.8) is 0 Å². The first-order valence-electron chi connectivity index (χ1n) is 26.6. The van der Waals surface area contributed by atoms with Crippen molar-refractivity contribution in [2.24, 2.45) is 72.4 Å². The number of hydrogen-bond donors (Lipinski definition) is 14. The Morgan fingerprint density at radius 2 is 0.776 bits per heavy atom. The molecule has 4 aliphatic heterocycles. The molecule has 0 bridgehead atoms. The number of aliphatic hydroxyl groups is 2. The molecular formula is C50H102Cl4N24O7. The largest absolute Gasteiger partial charge is 0.481 e. The van der Waals surface area contributed by atoms with Gasteiger partial charge in [0.05, 0.1) is 52.2 Å². The molecule has 0 fully saturated rings. The van der Waals surface area contributed by atoms with Crippen LogP contribution in [0.3, 0.4) is 0 Å². The lowest BCUT2D eigenvalue weighted by atomic mass is 10.0. The van der Waals surface area contributed by atoms with Gasteiger partial charge in [0.2, 0.25) is 0 Å². The number of nitrogens with two attached hydrogens (primary N) is 2. The van der Waals surface area contributed by atoms with Crippen molar-refractivity contribution in [1.29, 1.82) is 21.6 Å². The highest BCUT2D eigenvalue weighted by atomic mass is 35.5. The van der Waals surface area contributed by atoms with Crippen LogP contribution in [0.25, 0.3) is 0 Å². The molecule has 4 aliphatic rings. The van der Waals surface area contributed by atoms with Crippen LogP contribution in [0.4, 0.5) is 0 Å². The standard InChI is InChI=1S/C16H30N6O2.C14H26N6O4.C12H22N6.C8H18N6.4ClH.H2O/c1-15(2,13-17-5-7-21(13)9-11-23)19-20-16(3,4)14-18-6-8-22(14)10-12-24;1-13(2,11(15)17-7-5-9(21)22)19-20-14(3,4)12(16)18-8-6-10(23)24;1-11(2,9-13-5-6-14-9)17-18-12(3,4)10-15-7-8-16-10;1-7(2,5(9)10)13-14-8(3,4)6(11)12;;;;;/h23-24H,5-12H2,1-4H3;5-8H2,1-4H3,(H2,15,17)(H2,16,18)(H,21,22)(H,23,24);5-8H2,1-4H3,(H,13,14)(H,15,16);1-4H3,(H3,9,10)(H3,11,12);4*1H;1H2. The Morgan fingerprint density at radius 3 is 1.02 bits per heavy atom. The summed E-state index contributed by atoms with van der Waals surface area (Å²) < 4.78 is 0. The van der Waals surface area contributed by atoms with Gasteiger partial charge in [-0.15, -0.1) is 49.6 Å². The molecule has 0 radical (unpaired) electrons. The number of aliphatic imine (C=N–C) groups is 4. The second-order valence-corrected chi connectivity index (χ2v) is 23.1. The van der Waals surface area contributed by atoms with E-state index in [2.05, 4.69) is 92.0 Å². The summed E-state index contributed by atoms with van der Waals surface area (Å²) in [6, 6.07) is 0. The van der Waals surface area contributed by atoms with E-state index in [1.165, 1.54) is 0 Å². The topological polar surface area (TPSA) is 497 Å². The fourth-order valence-electron chi connectivity index (χ4n) is 6.83. The average Bonchev–Trinajstić information content (AvgIpc) is 4.22. The number of aliphatic carboxylic acids is 2. The first-order chi connectivity index (χ1) is 36.7. The number of nitrogens with zero attached hydrogens (tertiary/aromatic N) is 14. The summed E-state index contributed by atoms with van der Waals surface area (Å²) in [7, 11) is 0. The molecule has 31 nitrogen and oxygen atoms in total. The minimum absolute atomic E-state index is 0. The van der Waals surface area contributed by atoms with Crippen molar-refractivity contribution < 1.29 is 35.5 Å². The highest BCUT2D eigenvalue weighted by molar-refractivity contribution is 5.95. The lowest BCUT2D eigenvalue weighted by Gasteiger charge is -2.31. The molecule has 0 aliphatic carbocycles. The minimum atomic E-state index is -1.00. The summed E-state index contributed by atoms with van der Waals surface area (Å²) in [5.41, 5.74) is 5.06. The van der Waals surface area contributed by atoms with Crippen molar-refractivity contribution in [3.8, 4) is 0 Å². The van der Waals surface area contributed by atoms with Crippen molar-refractivity contribution in [1.82, 2.24) is 31.1 Å². The highest BCUT2D eigenvalue weighted by Crippen LogP contribution is 2.25. The van der Waals surface area contributed by atoms with Crippen LogP contribution >= 0.6 is 49.6 Å². The number of carboxylic acid groups (broad SMARTS) is 2. The fourth-order valence-corrected chi connectivity index (χ4v) is 6.83. The van der Waals surface area contributed by atoms with Gasteiger partial charge >= 0.3 is 11.9 Å². The number of carboxylic acids is 2. The van der Waals surface area contributed by atoms with E-state index in [-0.39, 0.29) is 118 Å². The molecule has 35 heteroatoms. The molecule has 4 rings (SSSR count). The Balaban J connectivity index is -0.000000334. The Labute approximate surface area is 526 Å². The molecule has 0 atom stereocenters. The van der Waals surface area contributed by atoms with Gasteiger partial charge in [-0.05, 0) is 111 Å². The Morgan fingerprint density at radius 1 is 0.494 bits per heavy atom. The van der Waals surface area contributed by atoms with Crippen LogP contribution in [0.2, 0.25) is 0 Å². The Hall–Kier alpha value is -5.86.